The van der Waals surface area contributed by atoms with Gasteiger partial charge in [0.15, 0.2) is 5.78 Å². The highest BCUT2D eigenvalue weighted by Gasteiger charge is 2.18. The molecule has 2 rings (SSSR count). The lowest BCUT2D eigenvalue weighted by Crippen LogP contribution is -2.35. The van der Waals surface area contributed by atoms with Gasteiger partial charge in [-0.2, -0.15) is 0 Å². The molecule has 0 aliphatic heterocycles. The van der Waals surface area contributed by atoms with Crippen LogP contribution in [-0.4, -0.2) is 11.8 Å². The Balaban J connectivity index is 2.22. The summed E-state index contributed by atoms with van der Waals surface area (Å²) in [6, 6.07) is 17.3. The zero-order valence-corrected chi connectivity index (χ0v) is 11.3. The monoisotopic (exact) mass is 253 g/mol. The third kappa shape index (κ3) is 3.09. The molecule has 0 aliphatic carbocycles. The standard InChI is InChI=1S/C17H19NO/c1-12(2)16(18)17(19)15-10-8-14(9-11-15)13-6-4-3-5-7-13/h3-12,16H,18H2,1-2H3. The minimum Gasteiger partial charge on any atom is -0.321 e. The van der Waals surface area contributed by atoms with E-state index in [-0.39, 0.29) is 11.7 Å². The van der Waals surface area contributed by atoms with Gasteiger partial charge in [-0.25, -0.2) is 0 Å². The lowest BCUT2D eigenvalue weighted by molar-refractivity contribution is 0.0940. The number of carbonyl (C=O) groups is 1. The average molecular weight is 253 g/mol. The number of benzene rings is 2. The third-order valence-electron chi connectivity index (χ3n) is 3.30. The first-order valence-electron chi connectivity index (χ1n) is 6.55. The molecule has 19 heavy (non-hydrogen) atoms. The van der Waals surface area contributed by atoms with Crippen molar-refractivity contribution in [2.75, 3.05) is 0 Å². The summed E-state index contributed by atoms with van der Waals surface area (Å²) in [6.45, 7) is 3.92. The van der Waals surface area contributed by atoms with E-state index in [1.165, 1.54) is 0 Å². The van der Waals surface area contributed by atoms with Crippen molar-refractivity contribution in [1.82, 2.24) is 0 Å². The molecule has 0 radical (unpaired) electrons. The topological polar surface area (TPSA) is 43.1 Å². The summed E-state index contributed by atoms with van der Waals surface area (Å²) in [6.07, 6.45) is 0. The van der Waals surface area contributed by atoms with E-state index in [4.69, 9.17) is 5.73 Å². The van der Waals surface area contributed by atoms with Crippen LogP contribution in [0, 0.1) is 5.92 Å². The quantitative estimate of drug-likeness (QED) is 0.847. The molecule has 1 atom stereocenters. The molecule has 2 N–H and O–H groups in total. The predicted molar refractivity (Wildman–Crippen MR) is 79.0 cm³/mol. The van der Waals surface area contributed by atoms with Gasteiger partial charge < -0.3 is 5.73 Å². The SMILES string of the molecule is CC(C)C(N)C(=O)c1ccc(-c2ccccc2)cc1. The first-order chi connectivity index (χ1) is 9.09. The predicted octanol–water partition coefficient (Wildman–Crippen LogP) is 3.52. The average Bonchev–Trinajstić information content (AvgIpc) is 2.46. The maximum absolute atomic E-state index is 12.1. The Bertz CT molecular complexity index is 543. The lowest BCUT2D eigenvalue weighted by atomic mass is 9.94. The smallest absolute Gasteiger partial charge is 0.179 e. The minimum atomic E-state index is -0.428. The molecule has 0 saturated heterocycles. The molecule has 0 bridgehead atoms. The molecule has 0 amide bonds. The summed E-state index contributed by atoms with van der Waals surface area (Å²) in [5.74, 6) is 0.163. The second-order valence-electron chi connectivity index (χ2n) is 5.08. The molecule has 0 aromatic heterocycles. The highest BCUT2D eigenvalue weighted by Crippen LogP contribution is 2.20. The molecule has 0 spiro atoms. The summed E-state index contributed by atoms with van der Waals surface area (Å²) >= 11 is 0. The summed E-state index contributed by atoms with van der Waals surface area (Å²) in [5.41, 5.74) is 8.83. The first-order valence-corrected chi connectivity index (χ1v) is 6.55. The van der Waals surface area contributed by atoms with Crippen LogP contribution in [0.2, 0.25) is 0 Å². The molecular weight excluding hydrogens is 234 g/mol. The first kappa shape index (κ1) is 13.5. The van der Waals surface area contributed by atoms with Gasteiger partial charge >= 0.3 is 0 Å². The van der Waals surface area contributed by atoms with Crippen LogP contribution in [0.5, 0.6) is 0 Å². The van der Waals surface area contributed by atoms with Crippen LogP contribution in [0.3, 0.4) is 0 Å². The van der Waals surface area contributed by atoms with E-state index in [0.717, 1.165) is 11.1 Å². The molecule has 1 unspecified atom stereocenters. The summed E-state index contributed by atoms with van der Waals surface area (Å²) in [7, 11) is 0. The second-order valence-corrected chi connectivity index (χ2v) is 5.08. The molecule has 2 nitrogen and oxygen atoms in total. The van der Waals surface area contributed by atoms with Gasteiger partial charge in [-0.1, -0.05) is 68.4 Å². The summed E-state index contributed by atoms with van der Waals surface area (Å²) in [4.78, 5) is 12.1. The van der Waals surface area contributed by atoms with Gasteiger partial charge in [0.25, 0.3) is 0 Å². The van der Waals surface area contributed by atoms with Gasteiger partial charge in [-0.05, 0) is 17.0 Å². The number of rotatable bonds is 4. The van der Waals surface area contributed by atoms with E-state index >= 15 is 0 Å². The highest BCUT2D eigenvalue weighted by atomic mass is 16.1. The fourth-order valence-electron chi connectivity index (χ4n) is 1.95. The Kier molecular flexibility index (Phi) is 4.13. The Morgan fingerprint density at radius 3 is 1.95 bits per heavy atom. The van der Waals surface area contributed by atoms with Gasteiger partial charge in [0.05, 0.1) is 6.04 Å². The van der Waals surface area contributed by atoms with E-state index in [2.05, 4.69) is 12.1 Å². The Morgan fingerprint density at radius 2 is 1.42 bits per heavy atom. The van der Waals surface area contributed by atoms with E-state index in [1.807, 2.05) is 56.3 Å². The van der Waals surface area contributed by atoms with Crippen molar-refractivity contribution in [3.63, 3.8) is 0 Å². The second kappa shape index (κ2) is 5.81. The van der Waals surface area contributed by atoms with Crippen molar-refractivity contribution < 1.29 is 4.79 Å². The Labute approximate surface area is 114 Å². The van der Waals surface area contributed by atoms with Crippen molar-refractivity contribution in [3.8, 4) is 11.1 Å². The summed E-state index contributed by atoms with van der Waals surface area (Å²) in [5, 5.41) is 0. The number of nitrogens with two attached hydrogens (primary N) is 1. The van der Waals surface area contributed by atoms with E-state index < -0.39 is 6.04 Å². The lowest BCUT2D eigenvalue weighted by Gasteiger charge is -2.14. The van der Waals surface area contributed by atoms with Crippen molar-refractivity contribution in [3.05, 3.63) is 60.2 Å². The van der Waals surface area contributed by atoms with Gasteiger partial charge in [-0.15, -0.1) is 0 Å². The van der Waals surface area contributed by atoms with Crippen LogP contribution in [0.25, 0.3) is 11.1 Å². The Morgan fingerprint density at radius 1 is 0.895 bits per heavy atom. The number of Topliss-reactive ketones (excluding diaryl/α,β-unsaturated/α-hetero) is 1. The third-order valence-corrected chi connectivity index (χ3v) is 3.30. The van der Waals surface area contributed by atoms with Crippen LogP contribution in [0.1, 0.15) is 24.2 Å². The fraction of sp³-hybridized carbons (Fsp3) is 0.235. The molecule has 0 aliphatic rings. The maximum atomic E-state index is 12.1. The van der Waals surface area contributed by atoms with Gasteiger partial charge in [0.1, 0.15) is 0 Å². The number of hydrogen-bond donors (Lipinski definition) is 1. The zero-order chi connectivity index (χ0) is 13.8. The molecule has 0 saturated carbocycles. The molecule has 98 valence electrons. The van der Waals surface area contributed by atoms with Crippen molar-refractivity contribution in [2.45, 2.75) is 19.9 Å². The van der Waals surface area contributed by atoms with Crippen LogP contribution in [0.4, 0.5) is 0 Å². The van der Waals surface area contributed by atoms with E-state index in [1.54, 1.807) is 0 Å². The van der Waals surface area contributed by atoms with E-state index in [0.29, 0.717) is 5.56 Å². The zero-order valence-electron chi connectivity index (χ0n) is 11.3. The normalized spacial score (nSPS) is 12.4. The van der Waals surface area contributed by atoms with Crippen LogP contribution in [-0.2, 0) is 0 Å². The number of hydrogen-bond acceptors (Lipinski definition) is 2. The molecule has 0 fully saturated rings. The largest absolute Gasteiger partial charge is 0.321 e. The van der Waals surface area contributed by atoms with Crippen molar-refractivity contribution in [2.24, 2.45) is 11.7 Å². The van der Waals surface area contributed by atoms with Gasteiger partial charge in [0.2, 0.25) is 0 Å². The van der Waals surface area contributed by atoms with E-state index in [9.17, 15) is 4.79 Å². The minimum absolute atomic E-state index is 0.00890. The highest BCUT2D eigenvalue weighted by molar-refractivity contribution is 6.00. The van der Waals surface area contributed by atoms with Crippen LogP contribution < -0.4 is 5.73 Å². The molecule has 2 heteroatoms. The van der Waals surface area contributed by atoms with Crippen LogP contribution >= 0.6 is 0 Å². The van der Waals surface area contributed by atoms with Crippen molar-refractivity contribution in [1.29, 1.82) is 0 Å². The molecule has 0 heterocycles. The Hall–Kier alpha value is -1.93. The van der Waals surface area contributed by atoms with Gasteiger partial charge in [0, 0.05) is 5.56 Å². The van der Waals surface area contributed by atoms with Crippen molar-refractivity contribution >= 4 is 5.78 Å². The molecule has 2 aromatic rings. The maximum Gasteiger partial charge on any atom is 0.179 e. The molecular formula is C17H19NO. The summed E-state index contributed by atoms with van der Waals surface area (Å²) < 4.78 is 0. The molecule has 2 aromatic carbocycles. The fourth-order valence-corrected chi connectivity index (χ4v) is 1.95. The number of ketones is 1. The van der Waals surface area contributed by atoms with Gasteiger partial charge in [-0.3, -0.25) is 4.79 Å². The van der Waals surface area contributed by atoms with Crippen LogP contribution in [0.15, 0.2) is 54.6 Å². The number of carbonyl (C=O) groups excluding carboxylic acids is 1.